The Labute approximate surface area is 422 Å². The summed E-state index contributed by atoms with van der Waals surface area (Å²) in [5.41, 5.74) is 0. The van der Waals surface area contributed by atoms with Crippen LogP contribution in [0.1, 0.15) is 155 Å². The first-order valence-corrected chi connectivity index (χ1v) is 28.4. The molecule has 0 aliphatic heterocycles. The fourth-order valence-corrected chi connectivity index (χ4v) is 8.57. The van der Waals surface area contributed by atoms with Crippen molar-refractivity contribution in [2.45, 2.75) is 204 Å². The van der Waals surface area contributed by atoms with Crippen LogP contribution in [0.25, 0.3) is 0 Å². The lowest BCUT2D eigenvalue weighted by Crippen LogP contribution is -2.64. The average Bonchev–Trinajstić information content (AvgIpc) is 3.32. The second-order valence-electron chi connectivity index (χ2n) is 17.3. The molecule has 0 aromatic carbocycles. The molecule has 1 saturated carbocycles. The number of carbonyl (C=O) groups is 2. The Hall–Kier alpha value is -3.12. The number of carbonyl (C=O) groups excluding carboxylic acids is 2. The van der Waals surface area contributed by atoms with Crippen molar-refractivity contribution in [2.75, 3.05) is 13.2 Å². The van der Waals surface area contributed by atoms with Crippen molar-refractivity contribution in [2.24, 2.45) is 0 Å². The molecule has 1 aliphatic rings. The third-order valence-electron chi connectivity index (χ3n) is 11.0. The molecule has 9 atom stereocenters. The van der Waals surface area contributed by atoms with E-state index in [0.29, 0.717) is 32.1 Å². The average molecular weight is 1050 g/mol. The fourth-order valence-electron chi connectivity index (χ4n) is 7.03. The van der Waals surface area contributed by atoms with Crippen LogP contribution in [0.15, 0.2) is 97.2 Å². The van der Waals surface area contributed by atoms with E-state index in [0.717, 1.165) is 70.6 Å². The summed E-state index contributed by atoms with van der Waals surface area (Å²) in [5.74, 6) is -1.34. The SMILES string of the molecule is CC/C=C\C/C=C\CC(O)/C=C/C=C\C/C=C\CCCC(=O)O[C@H](COC(=O)CCCCCCCC/C=C\C/C=C\C/C=C\CCCCCC)COP(=O)(O)O[C@H]1C(O)C(O)C(O)[C@@H](OP(=O)(O)O)C1O. The highest BCUT2D eigenvalue weighted by Gasteiger charge is 2.54. The summed E-state index contributed by atoms with van der Waals surface area (Å²) in [6.45, 7) is 2.85. The van der Waals surface area contributed by atoms with Gasteiger partial charge in [-0.2, -0.15) is 0 Å². The molecule has 1 aliphatic carbocycles. The zero-order valence-corrected chi connectivity index (χ0v) is 43.8. The van der Waals surface area contributed by atoms with Crippen LogP contribution < -0.4 is 0 Å². The van der Waals surface area contributed by atoms with E-state index in [2.05, 4.69) is 67.0 Å². The predicted molar refractivity (Wildman–Crippen MR) is 274 cm³/mol. The van der Waals surface area contributed by atoms with Crippen molar-refractivity contribution in [3.63, 3.8) is 0 Å². The summed E-state index contributed by atoms with van der Waals surface area (Å²) in [6.07, 6.45) is 35.2. The Bertz CT molecular complexity index is 1750. The van der Waals surface area contributed by atoms with Crippen LogP contribution in [0.5, 0.6) is 0 Å². The van der Waals surface area contributed by atoms with E-state index in [1.807, 2.05) is 36.5 Å². The molecule has 71 heavy (non-hydrogen) atoms. The number of aliphatic hydroxyl groups excluding tert-OH is 5. The molecule has 0 aromatic heterocycles. The third-order valence-corrected chi connectivity index (χ3v) is 12.5. The molecule has 0 amide bonds. The molecule has 406 valence electrons. The van der Waals surface area contributed by atoms with Crippen LogP contribution >= 0.6 is 15.6 Å². The standard InChI is InChI=1S/C52H86O17P2/c1-3-5-7-9-11-12-13-14-15-16-17-18-19-20-21-22-23-27-31-35-39-45(54)65-41-44(42-66-71(63,64)69-52-49(58)47(56)48(57)51(50(52)59)68-70(60,61)62)67-46(55)40-36-32-28-25-24-26-30-34-38-43(53)37-33-29-10-8-6-4-2/h6,8,12-13,15-16,18-19,25-26,28-30,33-34,38,43-44,47-53,56-59H,3-5,7,9-11,14,17,20-24,27,31-32,35-37,39-42H2,1-2H3,(H,63,64)(H2,60,61,62)/b8-6-,13-12-,16-15-,19-18-,28-25-,30-26-,33-29-,38-34+/t43?,44-,47?,48?,49?,50?,51-,52+/m1/s1. The number of unbranched alkanes of at least 4 members (excludes halogenated alkanes) is 11. The first-order valence-electron chi connectivity index (χ1n) is 25.4. The minimum absolute atomic E-state index is 0.0749. The van der Waals surface area contributed by atoms with Gasteiger partial charge in [0.05, 0.1) is 12.7 Å². The number of hydrogen-bond donors (Lipinski definition) is 8. The largest absolute Gasteiger partial charge is 0.472 e. The highest BCUT2D eigenvalue weighted by Crippen LogP contribution is 2.49. The summed E-state index contributed by atoms with van der Waals surface area (Å²) < 4.78 is 49.4. The molecule has 6 unspecified atom stereocenters. The zero-order chi connectivity index (χ0) is 52.6. The van der Waals surface area contributed by atoms with Crippen molar-refractivity contribution < 1.29 is 82.0 Å². The number of allylic oxidation sites excluding steroid dienone is 14. The Morgan fingerprint density at radius 3 is 1.65 bits per heavy atom. The molecular weight excluding hydrogens is 959 g/mol. The predicted octanol–water partition coefficient (Wildman–Crippen LogP) is 9.31. The molecular formula is C52H86O17P2. The Kier molecular flexibility index (Phi) is 38.3. The quantitative estimate of drug-likeness (QED) is 0.00931. The highest BCUT2D eigenvalue weighted by molar-refractivity contribution is 7.47. The van der Waals surface area contributed by atoms with Gasteiger partial charge in [0, 0.05) is 12.8 Å². The van der Waals surface area contributed by atoms with E-state index in [-0.39, 0.29) is 12.8 Å². The van der Waals surface area contributed by atoms with Crippen molar-refractivity contribution in [1.82, 2.24) is 0 Å². The molecule has 0 aromatic rings. The van der Waals surface area contributed by atoms with Crippen LogP contribution in [0, 0.1) is 0 Å². The van der Waals surface area contributed by atoms with Gasteiger partial charge in [-0.3, -0.25) is 23.2 Å². The van der Waals surface area contributed by atoms with Gasteiger partial charge >= 0.3 is 27.6 Å². The minimum Gasteiger partial charge on any atom is -0.462 e. The van der Waals surface area contributed by atoms with Crippen molar-refractivity contribution in [3.8, 4) is 0 Å². The number of phosphoric ester groups is 2. The molecule has 1 rings (SSSR count). The smallest absolute Gasteiger partial charge is 0.462 e. The summed E-state index contributed by atoms with van der Waals surface area (Å²) in [5, 5.41) is 51.4. The summed E-state index contributed by atoms with van der Waals surface area (Å²) >= 11 is 0. The first kappa shape index (κ1) is 65.9. The number of hydrogen-bond acceptors (Lipinski definition) is 14. The lowest BCUT2D eigenvalue weighted by molar-refractivity contribution is -0.216. The maximum atomic E-state index is 13.0. The Morgan fingerprint density at radius 2 is 1.04 bits per heavy atom. The van der Waals surface area contributed by atoms with Crippen LogP contribution in [-0.4, -0.2) is 114 Å². The minimum atomic E-state index is -5.39. The molecule has 0 radical (unpaired) electrons. The molecule has 0 bridgehead atoms. The van der Waals surface area contributed by atoms with Gasteiger partial charge in [-0.25, -0.2) is 9.13 Å². The topological polar surface area (TPSA) is 276 Å². The molecule has 17 nitrogen and oxygen atoms in total. The monoisotopic (exact) mass is 1040 g/mol. The van der Waals surface area contributed by atoms with Gasteiger partial charge in [0.2, 0.25) is 0 Å². The third kappa shape index (κ3) is 35.6. The Balaban J connectivity index is 2.63. The van der Waals surface area contributed by atoms with E-state index < -0.39 is 89.6 Å². The van der Waals surface area contributed by atoms with Crippen molar-refractivity contribution in [1.29, 1.82) is 0 Å². The van der Waals surface area contributed by atoms with E-state index in [1.54, 1.807) is 12.2 Å². The number of phosphoric acid groups is 2. The van der Waals surface area contributed by atoms with Gasteiger partial charge in [0.25, 0.3) is 0 Å². The van der Waals surface area contributed by atoms with E-state index >= 15 is 0 Å². The van der Waals surface area contributed by atoms with Crippen LogP contribution in [0.3, 0.4) is 0 Å². The summed E-state index contributed by atoms with van der Waals surface area (Å²) in [6, 6.07) is 0. The van der Waals surface area contributed by atoms with Gasteiger partial charge in [0.15, 0.2) is 6.10 Å². The number of ether oxygens (including phenoxy) is 2. The Morgan fingerprint density at radius 1 is 0.535 bits per heavy atom. The molecule has 0 spiro atoms. The van der Waals surface area contributed by atoms with Gasteiger partial charge in [-0.05, 0) is 83.5 Å². The normalized spacial score (nSPS) is 22.1. The lowest BCUT2D eigenvalue weighted by atomic mass is 9.85. The van der Waals surface area contributed by atoms with Crippen molar-refractivity contribution >= 4 is 27.6 Å². The van der Waals surface area contributed by atoms with E-state index in [9.17, 15) is 58.9 Å². The van der Waals surface area contributed by atoms with E-state index in [1.165, 1.54) is 25.7 Å². The lowest BCUT2D eigenvalue weighted by Gasteiger charge is -2.43. The molecule has 0 heterocycles. The van der Waals surface area contributed by atoms with Gasteiger partial charge in [-0.15, -0.1) is 0 Å². The van der Waals surface area contributed by atoms with Gasteiger partial charge in [0.1, 0.15) is 43.2 Å². The maximum Gasteiger partial charge on any atom is 0.472 e. The maximum absolute atomic E-state index is 13.0. The summed E-state index contributed by atoms with van der Waals surface area (Å²) in [4.78, 5) is 54.4. The molecule has 8 N–H and O–H groups in total. The molecule has 0 saturated heterocycles. The summed E-state index contributed by atoms with van der Waals surface area (Å²) in [7, 11) is -10.7. The van der Waals surface area contributed by atoms with Gasteiger partial charge < -0.3 is 49.7 Å². The number of aliphatic hydroxyl groups is 5. The van der Waals surface area contributed by atoms with Crippen molar-refractivity contribution in [3.05, 3.63) is 97.2 Å². The second-order valence-corrected chi connectivity index (χ2v) is 19.9. The highest BCUT2D eigenvalue weighted by atomic mass is 31.2. The number of rotatable bonds is 41. The molecule has 19 heteroatoms. The first-order chi connectivity index (χ1) is 34.0. The van der Waals surface area contributed by atoms with Crippen LogP contribution in [-0.2, 0) is 41.8 Å². The van der Waals surface area contributed by atoms with Gasteiger partial charge in [-0.1, -0.05) is 156 Å². The van der Waals surface area contributed by atoms with E-state index in [4.69, 9.17) is 18.5 Å². The van der Waals surface area contributed by atoms with Crippen LogP contribution in [0.4, 0.5) is 0 Å². The zero-order valence-electron chi connectivity index (χ0n) is 42.0. The fraction of sp³-hybridized carbons (Fsp3) is 0.654. The molecule has 1 fully saturated rings. The second kappa shape index (κ2) is 41.3. The number of esters is 2. The van der Waals surface area contributed by atoms with Crippen LogP contribution in [0.2, 0.25) is 0 Å².